The van der Waals surface area contributed by atoms with Crippen LogP contribution in [-0.2, 0) is 128 Å². The van der Waals surface area contributed by atoms with Crippen LogP contribution in [0.2, 0.25) is 0 Å². The molecule has 1 aromatic carbocycles. The van der Waals surface area contributed by atoms with Crippen LogP contribution >= 0.6 is 11.8 Å². The summed E-state index contributed by atoms with van der Waals surface area (Å²) in [6.07, 6.45) is -1.24. The van der Waals surface area contributed by atoms with Crippen molar-refractivity contribution in [3.05, 3.63) is 47.3 Å². The number of carbonyl (C=O) groups excluding carboxylic acids is 11. The predicted molar refractivity (Wildman–Crippen MR) is 407 cm³/mol. The number of aromatic nitrogens is 1. The number of fused-ring (bicyclic) bond motifs is 5. The van der Waals surface area contributed by atoms with Crippen molar-refractivity contribution in [2.45, 2.75) is 106 Å². The maximum atomic E-state index is 15.3. The Morgan fingerprint density at radius 2 is 1.22 bits per heavy atom. The Kier molecular flexibility index (Phi) is 41.6. The van der Waals surface area contributed by atoms with E-state index in [0.29, 0.717) is 161 Å². The van der Waals surface area contributed by atoms with E-state index in [2.05, 4.69) is 42.5 Å². The summed E-state index contributed by atoms with van der Waals surface area (Å²) in [6.45, 7) is 11.0. The average Bonchev–Trinajstić information content (AvgIpc) is 1.61. The van der Waals surface area contributed by atoms with Gasteiger partial charge in [0, 0.05) is 84.4 Å². The summed E-state index contributed by atoms with van der Waals surface area (Å²) < 4.78 is 76.8. The lowest BCUT2D eigenvalue weighted by Gasteiger charge is -2.32. The van der Waals surface area contributed by atoms with Gasteiger partial charge in [0.05, 0.1) is 231 Å². The molecule has 0 aliphatic carbocycles. The van der Waals surface area contributed by atoms with E-state index in [0.717, 1.165) is 9.80 Å². The van der Waals surface area contributed by atoms with Crippen LogP contribution in [0, 0.1) is 23.7 Å². The highest BCUT2D eigenvalue weighted by Gasteiger charge is 2.45. The second-order valence-corrected chi connectivity index (χ2v) is 30.0. The number of nitrogens with one attached hydrogen (secondary N) is 8. The standard InChI is InChI=1S/C73H112N12O27S2/c1-4-46(2)53-35-50(87)38-75-68(96)48-33-54-52-5-6-59(89)55(67(52)80-72(54)114(101)45-57(77-63(93)39-76-69(53)97)70(98)78-56(37-62(74)92)73(100)84-42-51(88)36-58(84)71(99)79-66(60(90)34-48)47(3)61(91)43-86)44-113-32-31-112-30-29-111-28-27-110-26-25-109-24-23-108-22-21-107-20-19-106-18-17-105-16-15-104-14-13-103-12-11-102-10-9-83-40-49(81-82-83)41-85-64(94)7-8-65(85)95/h5-8,40,46-48,51,53,56-58,61,66,80-82,86,88-89,91H,4,9-39,41-45H2,1-3H3,(H2,74,92)(H,75,96)(H,76,97)(H,77,93)(H,78,98)(H,79,99)/t46-,47-,48+,51+,53-,56-,57-,58-,61-,66-,114?/m0/s1. The van der Waals surface area contributed by atoms with E-state index < -0.39 is 188 Å². The number of nitrogens with zero attached hydrogens (tertiary/aromatic N) is 3. The summed E-state index contributed by atoms with van der Waals surface area (Å²) in [5.41, 5.74) is 12.8. The number of hydrogen-bond donors (Lipinski definition) is 13. The number of hydrogen-bond acceptors (Lipinski definition) is 31. The smallest absolute Gasteiger partial charge is 0.253 e. The van der Waals surface area contributed by atoms with Crippen LogP contribution in [0.4, 0.5) is 0 Å². The molecule has 6 heterocycles. The third-order valence-corrected chi connectivity index (χ3v) is 21.5. The zero-order valence-electron chi connectivity index (χ0n) is 64.7. The van der Waals surface area contributed by atoms with E-state index in [9.17, 15) is 73.2 Å². The van der Waals surface area contributed by atoms with E-state index in [1.54, 1.807) is 25.1 Å². The minimum absolute atomic E-state index is 0.121. The summed E-state index contributed by atoms with van der Waals surface area (Å²) in [4.78, 5) is 156. The van der Waals surface area contributed by atoms with E-state index >= 15 is 4.21 Å². The van der Waals surface area contributed by atoms with Crippen molar-refractivity contribution in [2.24, 2.45) is 29.4 Å². The number of aliphatic hydroxyl groups excluding tert-OH is 3. The number of rotatable bonds is 47. The number of amides is 9. The van der Waals surface area contributed by atoms with E-state index in [-0.39, 0.29) is 65.8 Å². The highest BCUT2D eigenvalue weighted by atomic mass is 32.2. The van der Waals surface area contributed by atoms with Crippen LogP contribution in [0.1, 0.15) is 64.0 Å². The third-order valence-electron chi connectivity index (χ3n) is 19.2. The number of phenolic OH excluding ortho intramolecular Hbond substituents is 1. The molecule has 114 heavy (non-hydrogen) atoms. The Labute approximate surface area is 667 Å². The molecule has 1 fully saturated rings. The maximum Gasteiger partial charge on any atom is 0.253 e. The number of imide groups is 1. The van der Waals surface area contributed by atoms with Gasteiger partial charge in [0.15, 0.2) is 11.6 Å². The number of aromatic hydroxyl groups is 1. The Morgan fingerprint density at radius 1 is 0.675 bits per heavy atom. The maximum absolute atomic E-state index is 15.3. The zero-order valence-corrected chi connectivity index (χ0v) is 66.4. The molecule has 0 spiro atoms. The number of Topliss-reactive ketones (excluding diaryl/α,β-unsaturated/α-hetero) is 2. The van der Waals surface area contributed by atoms with Crippen molar-refractivity contribution in [3.63, 3.8) is 0 Å². The Bertz CT molecular complexity index is 3560. The van der Waals surface area contributed by atoms with Crippen LogP contribution in [0.5, 0.6) is 5.75 Å². The van der Waals surface area contributed by atoms with E-state index in [1.165, 1.54) is 43.0 Å². The first-order valence-corrected chi connectivity index (χ1v) is 40.7. The predicted octanol–water partition coefficient (Wildman–Crippen LogP) is -4.23. The van der Waals surface area contributed by atoms with Crippen LogP contribution in [-0.4, -0.2) is 342 Å². The minimum atomic E-state index is -2.45. The van der Waals surface area contributed by atoms with Crippen molar-refractivity contribution in [1.82, 2.24) is 57.3 Å². The van der Waals surface area contributed by atoms with Crippen LogP contribution in [0.3, 0.4) is 0 Å². The first-order valence-electron chi connectivity index (χ1n) is 38.2. The number of ether oxygens (including phenoxy) is 11. The topological polar surface area (TPSA) is 523 Å². The number of hydrazine groups is 2. The largest absolute Gasteiger partial charge is 0.508 e. The number of benzene rings is 1. The Morgan fingerprint density at radius 3 is 1.76 bits per heavy atom. The molecule has 39 nitrogen and oxygen atoms in total. The van der Waals surface area contributed by atoms with Crippen molar-refractivity contribution in [3.8, 4) is 5.75 Å². The fourth-order valence-corrected chi connectivity index (χ4v) is 14.9. The summed E-state index contributed by atoms with van der Waals surface area (Å²) in [7, 11) is -2.45. The number of ketones is 2. The molecule has 0 saturated carbocycles. The second kappa shape index (κ2) is 50.7. The van der Waals surface area contributed by atoms with Crippen LogP contribution in [0.25, 0.3) is 10.9 Å². The average molecular weight is 1650 g/mol. The van der Waals surface area contributed by atoms with Crippen LogP contribution in [0.15, 0.2) is 41.2 Å². The first kappa shape index (κ1) is 93.5. The molecule has 14 N–H and O–H groups in total. The fourth-order valence-electron chi connectivity index (χ4n) is 12.6. The Balaban J connectivity index is 0.807. The highest BCUT2D eigenvalue weighted by molar-refractivity contribution is 7.98. The first-order chi connectivity index (χ1) is 55.0. The molecule has 638 valence electrons. The molecule has 1 saturated heterocycles. The number of carbonyl (C=O) groups is 11. The zero-order chi connectivity index (χ0) is 82.3. The Hall–Kier alpha value is -7.69. The van der Waals surface area contributed by atoms with Crippen molar-refractivity contribution < 1.29 is 129 Å². The van der Waals surface area contributed by atoms with Gasteiger partial charge in [-0.2, -0.15) is 11.8 Å². The van der Waals surface area contributed by atoms with Gasteiger partial charge in [0.2, 0.25) is 41.4 Å². The lowest BCUT2D eigenvalue weighted by Crippen LogP contribution is -2.60. The normalized spacial score (nSPS) is 22.6. The molecular weight excluding hydrogens is 1540 g/mol. The van der Waals surface area contributed by atoms with Crippen LogP contribution < -0.4 is 43.3 Å². The second-order valence-electron chi connectivity index (χ2n) is 27.5. The summed E-state index contributed by atoms with van der Waals surface area (Å²) in [5, 5.41) is 58.0. The summed E-state index contributed by atoms with van der Waals surface area (Å²) in [5.74, 6) is -13.9. The monoisotopic (exact) mass is 1650 g/mol. The number of nitrogens with two attached hydrogens (primary N) is 1. The number of aliphatic hydroxyl groups is 3. The number of aromatic amines is 1. The van der Waals surface area contributed by atoms with Gasteiger partial charge in [-0.3, -0.25) is 66.9 Å². The molecular formula is C73H112N12O27S2. The van der Waals surface area contributed by atoms with E-state index in [4.69, 9.17) is 57.8 Å². The van der Waals surface area contributed by atoms with Gasteiger partial charge < -0.3 is 120 Å². The number of primary amides is 1. The quantitative estimate of drug-likeness (QED) is 0.0221. The molecule has 5 aliphatic heterocycles. The van der Waals surface area contributed by atoms with Crippen molar-refractivity contribution >= 4 is 98.2 Å². The number of H-pyrrole nitrogens is 1. The fraction of sp³-hybridized carbons (Fsp3) is 0.685. The minimum Gasteiger partial charge on any atom is -0.508 e. The van der Waals surface area contributed by atoms with Crippen molar-refractivity contribution in [1.29, 1.82) is 0 Å². The molecule has 1 aromatic heterocycles. The molecule has 5 aliphatic rings. The number of phenols is 1. The van der Waals surface area contributed by atoms with Gasteiger partial charge in [-0.05, 0) is 30.0 Å². The van der Waals surface area contributed by atoms with Gasteiger partial charge in [-0.15, -0.1) is 5.53 Å². The molecule has 9 amide bonds. The van der Waals surface area contributed by atoms with Gasteiger partial charge in [-0.25, -0.2) is 0 Å². The van der Waals surface area contributed by atoms with Crippen molar-refractivity contribution in [2.75, 3.05) is 196 Å². The highest BCUT2D eigenvalue weighted by Crippen LogP contribution is 2.37. The molecule has 0 radical (unpaired) electrons. The number of thioether (sulfide) groups is 1. The lowest BCUT2D eigenvalue weighted by molar-refractivity contribution is -0.144. The summed E-state index contributed by atoms with van der Waals surface area (Å²) in [6, 6.07) is -4.16. The third kappa shape index (κ3) is 31.1. The van der Waals surface area contributed by atoms with Gasteiger partial charge in [0.1, 0.15) is 28.9 Å². The molecule has 11 atom stereocenters. The molecule has 41 heteroatoms. The lowest BCUT2D eigenvalue weighted by atomic mass is 9.85. The molecule has 2 aromatic rings. The van der Waals surface area contributed by atoms with E-state index in [1.807, 2.05) is 0 Å². The molecule has 1 unspecified atom stereocenters. The summed E-state index contributed by atoms with van der Waals surface area (Å²) >= 11 is 1.36. The van der Waals surface area contributed by atoms with Gasteiger partial charge in [0.25, 0.3) is 11.8 Å². The SMILES string of the molecule is CC[C@H](C)[C@@H]1CC(=O)CNC(=O)[C@H]2CC(=O)[C@H]([C@@H](C)[C@@H](O)CO)NC(=O)[C@@H]3C[C@@H](O)CN3C(=O)[C@H](CC(N)=O)NC(=O)[C@H](CS(=O)c3[nH]c4c(CSCCOCCOCCOCCOCCOCCOCCOCCOCCOCCOCCOCCN5C=C(CN6C(=O)C=CC6=O)NN5)c(O)ccc4c3C2)NC(=O)CNC1=O. The molecule has 7 rings (SSSR count). The van der Waals surface area contributed by atoms with Gasteiger partial charge in [-0.1, -0.05) is 27.2 Å². The molecule has 2 bridgehead atoms. The van der Waals surface area contributed by atoms with Gasteiger partial charge >= 0.3 is 0 Å².